The topological polar surface area (TPSA) is 76.2 Å². The van der Waals surface area contributed by atoms with E-state index in [1.807, 2.05) is 32.5 Å². The highest BCUT2D eigenvalue weighted by molar-refractivity contribution is 6.28. The largest absolute Gasteiger partial charge is 0.390 e. The van der Waals surface area contributed by atoms with E-state index in [1.165, 1.54) is 12.8 Å². The molecule has 2 aromatic heterocycles. The first-order valence-corrected chi connectivity index (χ1v) is 11.0. The lowest BCUT2D eigenvalue weighted by Gasteiger charge is -2.31. The number of hydrogen-bond donors (Lipinski definition) is 1. The van der Waals surface area contributed by atoms with Gasteiger partial charge in [-0.1, -0.05) is 26.2 Å². The number of fused-ring (bicyclic) bond motifs is 1. The number of hydrogen-bond acceptors (Lipinski definition) is 5. The van der Waals surface area contributed by atoms with Crippen LogP contribution in [0.5, 0.6) is 0 Å². The predicted octanol–water partition coefficient (Wildman–Crippen LogP) is 5.01. The van der Waals surface area contributed by atoms with Crippen molar-refractivity contribution < 1.29 is 5.11 Å². The lowest BCUT2D eigenvalue weighted by Crippen LogP contribution is -2.31. The molecule has 6 nitrogen and oxygen atoms in total. The summed E-state index contributed by atoms with van der Waals surface area (Å²) >= 11 is 6.40. The van der Waals surface area contributed by atoms with Gasteiger partial charge in [0.15, 0.2) is 5.65 Å². The van der Waals surface area contributed by atoms with Gasteiger partial charge < -0.3 is 9.67 Å². The van der Waals surface area contributed by atoms with Gasteiger partial charge in [0.1, 0.15) is 16.7 Å². The van der Waals surface area contributed by atoms with Crippen LogP contribution in [-0.4, -0.2) is 36.4 Å². The fourth-order valence-corrected chi connectivity index (χ4v) is 4.91. The molecule has 156 valence electrons. The molecule has 1 saturated carbocycles. The fraction of sp³-hybridized carbons (Fsp3) is 0.636. The lowest BCUT2D eigenvalue weighted by atomic mass is 9.79. The third-order valence-electron chi connectivity index (χ3n) is 6.39. The maximum absolute atomic E-state index is 10.1. The zero-order chi connectivity index (χ0) is 20.6. The Bertz CT molecular complexity index is 925. The molecule has 2 aliphatic rings. The van der Waals surface area contributed by atoms with Crippen LogP contribution in [0.15, 0.2) is 23.5 Å². The molecule has 1 N–H and O–H groups in total. The van der Waals surface area contributed by atoms with Crippen molar-refractivity contribution in [2.75, 3.05) is 0 Å². The first kappa shape index (κ1) is 20.5. The summed E-state index contributed by atoms with van der Waals surface area (Å²) in [7, 11) is 0. The van der Waals surface area contributed by atoms with Crippen molar-refractivity contribution in [3.8, 4) is 0 Å². The number of aliphatic imine (C=N–C) groups is 1. The van der Waals surface area contributed by atoms with Gasteiger partial charge in [0.2, 0.25) is 5.28 Å². The van der Waals surface area contributed by atoms with Crippen LogP contribution in [-0.2, 0) is 5.54 Å². The SMILES string of the molecule is CC(CCCC(C)(C)O)C1(c2nc(Cl)nc3c2ncn3C2CCCC2)C=CC=N1. The Morgan fingerprint density at radius 3 is 2.72 bits per heavy atom. The van der Waals surface area contributed by atoms with Gasteiger partial charge in [-0.3, -0.25) is 4.99 Å². The fourth-order valence-electron chi connectivity index (χ4n) is 4.74. The molecule has 29 heavy (non-hydrogen) atoms. The van der Waals surface area contributed by atoms with E-state index in [0.29, 0.717) is 6.04 Å². The second-order valence-electron chi connectivity index (χ2n) is 9.17. The number of allylic oxidation sites excluding steroid dienone is 1. The van der Waals surface area contributed by atoms with Gasteiger partial charge >= 0.3 is 0 Å². The first-order chi connectivity index (χ1) is 13.8. The molecule has 4 rings (SSSR count). The van der Waals surface area contributed by atoms with Gasteiger partial charge in [0.25, 0.3) is 0 Å². The Balaban J connectivity index is 1.72. The molecule has 7 heteroatoms. The molecule has 2 unspecified atom stereocenters. The molecule has 0 amide bonds. The minimum Gasteiger partial charge on any atom is -0.390 e. The van der Waals surface area contributed by atoms with E-state index in [2.05, 4.69) is 27.5 Å². The summed E-state index contributed by atoms with van der Waals surface area (Å²) in [5, 5.41) is 10.3. The van der Waals surface area contributed by atoms with Crippen LogP contribution in [0.3, 0.4) is 0 Å². The molecule has 0 radical (unpaired) electrons. The first-order valence-electron chi connectivity index (χ1n) is 10.7. The molecule has 2 aromatic rings. The van der Waals surface area contributed by atoms with Crippen molar-refractivity contribution >= 4 is 29.0 Å². The van der Waals surface area contributed by atoms with E-state index in [1.54, 1.807) is 0 Å². The summed E-state index contributed by atoms with van der Waals surface area (Å²) in [6.45, 7) is 5.89. The second kappa shape index (κ2) is 7.80. The molecule has 2 atom stereocenters. The molecule has 0 spiro atoms. The van der Waals surface area contributed by atoms with E-state index in [-0.39, 0.29) is 11.2 Å². The van der Waals surface area contributed by atoms with Gasteiger partial charge in [-0.05, 0) is 69.2 Å². The third-order valence-corrected chi connectivity index (χ3v) is 6.56. The second-order valence-corrected chi connectivity index (χ2v) is 9.51. The Hall–Kier alpha value is -1.79. The molecule has 1 fully saturated rings. The van der Waals surface area contributed by atoms with E-state index in [0.717, 1.165) is 49.0 Å². The Kier molecular flexibility index (Phi) is 5.51. The van der Waals surface area contributed by atoms with Gasteiger partial charge in [0.05, 0.1) is 11.9 Å². The summed E-state index contributed by atoms with van der Waals surface area (Å²) in [6.07, 6.45) is 15.2. The number of aromatic nitrogens is 4. The highest BCUT2D eigenvalue weighted by Gasteiger charge is 2.41. The predicted molar refractivity (Wildman–Crippen MR) is 116 cm³/mol. The Morgan fingerprint density at radius 2 is 2.07 bits per heavy atom. The molecule has 0 aromatic carbocycles. The summed E-state index contributed by atoms with van der Waals surface area (Å²) in [6, 6.07) is 0.432. The lowest BCUT2D eigenvalue weighted by molar-refractivity contribution is 0.0660. The van der Waals surface area contributed by atoms with Gasteiger partial charge in [-0.2, -0.15) is 4.98 Å². The minimum absolute atomic E-state index is 0.186. The summed E-state index contributed by atoms with van der Waals surface area (Å²) < 4.78 is 2.18. The normalized spacial score (nSPS) is 23.5. The Morgan fingerprint density at radius 1 is 1.31 bits per heavy atom. The summed E-state index contributed by atoms with van der Waals surface area (Å²) in [5.41, 5.74) is 1.13. The van der Waals surface area contributed by atoms with E-state index < -0.39 is 11.1 Å². The summed E-state index contributed by atoms with van der Waals surface area (Å²) in [5.74, 6) is 0.186. The molecule has 0 saturated heterocycles. The molecule has 0 bridgehead atoms. The maximum Gasteiger partial charge on any atom is 0.224 e. The van der Waals surface area contributed by atoms with E-state index >= 15 is 0 Å². The minimum atomic E-state index is -0.660. The van der Waals surface area contributed by atoms with Crippen LogP contribution in [0, 0.1) is 5.92 Å². The smallest absolute Gasteiger partial charge is 0.224 e. The van der Waals surface area contributed by atoms with Crippen LogP contribution in [0.2, 0.25) is 5.28 Å². The van der Waals surface area contributed by atoms with E-state index in [4.69, 9.17) is 21.6 Å². The van der Waals surface area contributed by atoms with Crippen LogP contribution in [0.4, 0.5) is 0 Å². The highest BCUT2D eigenvalue weighted by Crippen LogP contribution is 2.43. The molecular weight excluding hydrogens is 386 g/mol. The maximum atomic E-state index is 10.1. The standard InChI is InChI=1S/C22H30ClN5O/c1-15(8-6-11-21(2,3)29)22(12-7-13-25-22)18-17-19(27-20(23)26-18)28(14-24-17)16-9-4-5-10-16/h7,12-16,29H,4-6,8-11H2,1-3H3. The van der Waals surface area contributed by atoms with Crippen LogP contribution in [0.1, 0.15) is 77.5 Å². The number of aliphatic hydroxyl groups is 1. The quantitative estimate of drug-likeness (QED) is 0.645. The third kappa shape index (κ3) is 3.97. The van der Waals surface area contributed by atoms with Crippen LogP contribution < -0.4 is 0 Å². The van der Waals surface area contributed by atoms with Crippen molar-refractivity contribution in [2.45, 2.75) is 82.9 Å². The van der Waals surface area contributed by atoms with E-state index in [9.17, 15) is 5.11 Å². The average molecular weight is 416 g/mol. The number of imidazole rings is 1. The van der Waals surface area contributed by atoms with Crippen LogP contribution in [0.25, 0.3) is 11.2 Å². The van der Waals surface area contributed by atoms with Crippen molar-refractivity contribution in [1.29, 1.82) is 0 Å². The van der Waals surface area contributed by atoms with Crippen LogP contribution >= 0.6 is 11.6 Å². The number of rotatable bonds is 7. The number of nitrogens with zero attached hydrogens (tertiary/aromatic N) is 5. The van der Waals surface area contributed by atoms with Crippen molar-refractivity contribution in [2.24, 2.45) is 10.9 Å². The average Bonchev–Trinajstić information content (AvgIpc) is 3.40. The molecule has 1 aliphatic carbocycles. The van der Waals surface area contributed by atoms with Crippen molar-refractivity contribution in [1.82, 2.24) is 19.5 Å². The van der Waals surface area contributed by atoms with Gasteiger partial charge in [-0.25, -0.2) is 9.97 Å². The molecule has 3 heterocycles. The summed E-state index contributed by atoms with van der Waals surface area (Å²) in [4.78, 5) is 18.8. The van der Waals surface area contributed by atoms with Gasteiger partial charge in [0, 0.05) is 12.3 Å². The zero-order valence-corrected chi connectivity index (χ0v) is 18.2. The molecule has 1 aliphatic heterocycles. The Labute approximate surface area is 177 Å². The highest BCUT2D eigenvalue weighted by atomic mass is 35.5. The molecular formula is C22H30ClN5O. The number of halogens is 1. The van der Waals surface area contributed by atoms with Gasteiger partial charge in [-0.15, -0.1) is 0 Å². The zero-order valence-electron chi connectivity index (χ0n) is 17.5. The van der Waals surface area contributed by atoms with Crippen molar-refractivity contribution in [3.05, 3.63) is 29.5 Å². The monoisotopic (exact) mass is 415 g/mol. The van der Waals surface area contributed by atoms with Crippen molar-refractivity contribution in [3.63, 3.8) is 0 Å².